The maximum atomic E-state index is 13.5. The van der Waals surface area contributed by atoms with Crippen LogP contribution >= 0.6 is 0 Å². The number of anilines is 2. The zero-order valence-corrected chi connectivity index (χ0v) is 20.2. The van der Waals surface area contributed by atoms with E-state index in [2.05, 4.69) is 4.98 Å². The summed E-state index contributed by atoms with van der Waals surface area (Å²) in [5, 5.41) is 8.97. The molecule has 192 valence electrons. The number of hydrogen-bond acceptors (Lipinski definition) is 6. The molecule has 0 radical (unpaired) electrons. The van der Waals surface area contributed by atoms with E-state index in [9.17, 15) is 22.8 Å². The summed E-state index contributed by atoms with van der Waals surface area (Å²) in [6, 6.07) is 12.9. The summed E-state index contributed by atoms with van der Waals surface area (Å²) >= 11 is 0. The van der Waals surface area contributed by atoms with Crippen molar-refractivity contribution < 1.29 is 22.8 Å². The van der Waals surface area contributed by atoms with Gasteiger partial charge in [0.15, 0.2) is 0 Å². The van der Waals surface area contributed by atoms with Crippen LogP contribution in [0.25, 0.3) is 0 Å². The minimum absolute atomic E-state index is 0.0275. The number of rotatable bonds is 6. The van der Waals surface area contributed by atoms with Gasteiger partial charge in [0.2, 0.25) is 5.95 Å². The summed E-state index contributed by atoms with van der Waals surface area (Å²) in [4.78, 5) is 39.9. The monoisotopic (exact) mass is 511 g/mol. The van der Waals surface area contributed by atoms with Crippen molar-refractivity contribution in [1.29, 1.82) is 5.26 Å². The molecule has 0 saturated heterocycles. The van der Waals surface area contributed by atoms with Crippen molar-refractivity contribution in [2.24, 2.45) is 0 Å². The lowest BCUT2D eigenvalue weighted by molar-refractivity contribution is -0.137. The topological polar surface area (TPSA) is 91.5 Å². The predicted octanol–water partition coefficient (Wildman–Crippen LogP) is 3.94. The molecule has 37 heavy (non-hydrogen) atoms. The van der Waals surface area contributed by atoms with Crippen LogP contribution in [0.2, 0.25) is 0 Å². The van der Waals surface area contributed by atoms with E-state index < -0.39 is 17.3 Å². The Morgan fingerprint density at radius 3 is 2.38 bits per heavy atom. The second kappa shape index (κ2) is 10.3. The Labute approximate surface area is 211 Å². The number of carbonyl (C=O) groups is 1. The van der Waals surface area contributed by atoms with E-state index in [1.54, 1.807) is 43.0 Å². The zero-order valence-electron chi connectivity index (χ0n) is 20.2. The first-order valence-electron chi connectivity index (χ1n) is 11.7. The highest BCUT2D eigenvalue weighted by Crippen LogP contribution is 2.32. The molecule has 0 N–H and O–H groups in total. The number of fused-ring (bicyclic) bond motifs is 1. The number of nitriles is 1. The number of hydrogen-bond donors (Lipinski definition) is 0. The van der Waals surface area contributed by atoms with Gasteiger partial charge in [0.1, 0.15) is 6.61 Å². The molecule has 11 heteroatoms. The van der Waals surface area contributed by atoms with Crippen LogP contribution in [0.4, 0.5) is 24.8 Å². The highest BCUT2D eigenvalue weighted by atomic mass is 19.4. The Kier molecular flexibility index (Phi) is 7.20. The maximum absolute atomic E-state index is 13.5. The molecule has 0 spiro atoms. The second-order valence-electron chi connectivity index (χ2n) is 8.31. The predicted molar refractivity (Wildman–Crippen MR) is 129 cm³/mol. The van der Waals surface area contributed by atoms with E-state index in [0.717, 1.165) is 16.9 Å². The molecule has 8 nitrogen and oxygen atoms in total. The fourth-order valence-corrected chi connectivity index (χ4v) is 4.18. The highest BCUT2D eigenvalue weighted by Gasteiger charge is 2.31. The average Bonchev–Trinajstić information content (AvgIpc) is 2.90. The van der Waals surface area contributed by atoms with Gasteiger partial charge in [0.25, 0.3) is 11.5 Å². The molecule has 3 aromatic rings. The van der Waals surface area contributed by atoms with Crippen LogP contribution in [-0.2, 0) is 19.1 Å². The molecule has 0 saturated carbocycles. The summed E-state index contributed by atoms with van der Waals surface area (Å²) in [5.74, 6) is -0.124. The lowest BCUT2D eigenvalue weighted by Crippen LogP contribution is -2.43. The minimum Gasteiger partial charge on any atom is -0.408 e. The molecular formula is C26H24F3N5O3. The van der Waals surface area contributed by atoms with Crippen molar-refractivity contribution in [3.8, 4) is 6.07 Å². The van der Waals surface area contributed by atoms with Crippen LogP contribution in [0.5, 0.6) is 0 Å². The van der Waals surface area contributed by atoms with Crippen molar-refractivity contribution in [2.45, 2.75) is 33.0 Å². The first-order valence-corrected chi connectivity index (χ1v) is 11.7. The first kappa shape index (κ1) is 25.8. The average molecular weight is 512 g/mol. The number of halogens is 3. The number of amides is 1. The highest BCUT2D eigenvalue weighted by molar-refractivity contribution is 5.94. The number of aromatic nitrogens is 2. The van der Waals surface area contributed by atoms with Gasteiger partial charge < -0.3 is 14.6 Å². The largest absolute Gasteiger partial charge is 0.416 e. The number of benzene rings is 2. The van der Waals surface area contributed by atoms with Crippen molar-refractivity contribution in [3.63, 3.8) is 0 Å². The standard InChI is InChI=1S/C26H24F3N5O3/c1-3-33(20-11-9-19(10-12-20)26(27,28)29)25-31-22-13-14-32(16-21(22)24(36)34(25)37-4-2)23(35)18-7-5-17(15-30)6-8-18/h5-12H,3-4,13-14,16H2,1-2H3. The van der Waals surface area contributed by atoms with E-state index >= 15 is 0 Å². The van der Waals surface area contributed by atoms with E-state index in [0.29, 0.717) is 47.6 Å². The first-order chi connectivity index (χ1) is 17.7. The Hall–Kier alpha value is -4.33. The fourth-order valence-electron chi connectivity index (χ4n) is 4.18. The number of nitrogens with zero attached hydrogens (tertiary/aromatic N) is 5. The van der Waals surface area contributed by atoms with E-state index in [1.165, 1.54) is 17.0 Å². The van der Waals surface area contributed by atoms with Crippen LogP contribution in [-0.4, -0.2) is 40.2 Å². The summed E-state index contributed by atoms with van der Waals surface area (Å²) in [6.07, 6.45) is -4.15. The third-order valence-electron chi connectivity index (χ3n) is 6.05. The summed E-state index contributed by atoms with van der Waals surface area (Å²) in [6.45, 7) is 4.30. The lowest BCUT2D eigenvalue weighted by atomic mass is 10.0. The second-order valence-corrected chi connectivity index (χ2v) is 8.31. The molecule has 1 amide bonds. The number of carbonyl (C=O) groups excluding carboxylic acids is 1. The number of alkyl halides is 3. The Morgan fingerprint density at radius 2 is 1.81 bits per heavy atom. The van der Waals surface area contributed by atoms with Crippen molar-refractivity contribution in [3.05, 3.63) is 86.8 Å². The van der Waals surface area contributed by atoms with Crippen LogP contribution < -0.4 is 15.3 Å². The van der Waals surface area contributed by atoms with Crippen molar-refractivity contribution in [1.82, 2.24) is 14.6 Å². The normalized spacial score (nSPS) is 13.0. The van der Waals surface area contributed by atoms with Gasteiger partial charge in [-0.1, -0.05) is 0 Å². The van der Waals surface area contributed by atoms with Gasteiger partial charge in [-0.2, -0.15) is 18.4 Å². The molecule has 1 aliphatic rings. The van der Waals surface area contributed by atoms with Gasteiger partial charge in [-0.25, -0.2) is 4.98 Å². The smallest absolute Gasteiger partial charge is 0.408 e. The van der Waals surface area contributed by atoms with Gasteiger partial charge in [-0.3, -0.25) is 9.59 Å². The van der Waals surface area contributed by atoms with Gasteiger partial charge >= 0.3 is 6.18 Å². The Balaban J connectivity index is 1.69. The molecule has 0 fully saturated rings. The Bertz CT molecular complexity index is 1390. The van der Waals surface area contributed by atoms with Gasteiger partial charge in [0.05, 0.1) is 35.0 Å². The summed E-state index contributed by atoms with van der Waals surface area (Å²) in [7, 11) is 0. The maximum Gasteiger partial charge on any atom is 0.416 e. The van der Waals surface area contributed by atoms with E-state index in [1.807, 2.05) is 6.07 Å². The SMILES string of the molecule is CCOn1c(N(CC)c2ccc(C(F)(F)F)cc2)nc2c(c1=O)CN(C(=O)c1ccc(C#N)cc1)CC2. The summed E-state index contributed by atoms with van der Waals surface area (Å²) < 4.78 is 40.1. The third kappa shape index (κ3) is 5.14. The quantitative estimate of drug-likeness (QED) is 0.498. The van der Waals surface area contributed by atoms with E-state index in [-0.39, 0.29) is 25.0 Å². The van der Waals surface area contributed by atoms with Crippen molar-refractivity contribution in [2.75, 3.05) is 24.6 Å². The third-order valence-corrected chi connectivity index (χ3v) is 6.05. The molecule has 4 rings (SSSR count). The molecular weight excluding hydrogens is 487 g/mol. The molecule has 0 aliphatic carbocycles. The molecule has 1 aliphatic heterocycles. The molecule has 2 heterocycles. The van der Waals surface area contributed by atoms with Crippen LogP contribution in [0.15, 0.2) is 53.3 Å². The minimum atomic E-state index is -4.46. The van der Waals surface area contributed by atoms with Gasteiger partial charge in [-0.15, -0.1) is 4.73 Å². The van der Waals surface area contributed by atoms with Gasteiger partial charge in [0, 0.05) is 30.8 Å². The molecule has 2 aromatic carbocycles. The van der Waals surface area contributed by atoms with Crippen molar-refractivity contribution >= 4 is 17.5 Å². The van der Waals surface area contributed by atoms with Crippen LogP contribution in [0.3, 0.4) is 0 Å². The van der Waals surface area contributed by atoms with Crippen LogP contribution in [0.1, 0.15) is 46.6 Å². The fraction of sp³-hybridized carbons (Fsp3) is 0.308. The molecule has 0 bridgehead atoms. The molecule has 1 aromatic heterocycles. The zero-order chi connectivity index (χ0) is 26.7. The summed E-state index contributed by atoms with van der Waals surface area (Å²) in [5.41, 5.74) is 0.815. The molecule has 0 unspecified atom stereocenters. The lowest BCUT2D eigenvalue weighted by Gasteiger charge is -2.31. The Morgan fingerprint density at radius 1 is 1.14 bits per heavy atom. The molecule has 0 atom stereocenters. The van der Waals surface area contributed by atoms with Crippen LogP contribution in [0, 0.1) is 11.3 Å². The van der Waals surface area contributed by atoms with E-state index in [4.69, 9.17) is 10.1 Å². The van der Waals surface area contributed by atoms with Gasteiger partial charge in [-0.05, 0) is 62.4 Å².